The molecule has 0 N–H and O–H groups in total. The Morgan fingerprint density at radius 3 is 2.38 bits per heavy atom. The van der Waals surface area contributed by atoms with Crippen LogP contribution in [0.15, 0.2) is 48.5 Å². The summed E-state index contributed by atoms with van der Waals surface area (Å²) in [6.45, 7) is 4.03. The van der Waals surface area contributed by atoms with E-state index in [9.17, 15) is 13.2 Å². The molecule has 1 aromatic heterocycles. The van der Waals surface area contributed by atoms with Gasteiger partial charge in [0.15, 0.2) is 0 Å². The first-order valence-corrected chi connectivity index (χ1v) is 8.76. The van der Waals surface area contributed by atoms with Crippen molar-refractivity contribution < 1.29 is 13.2 Å². The Bertz CT molecular complexity index is 957. The van der Waals surface area contributed by atoms with Gasteiger partial charge in [0.05, 0.1) is 11.1 Å². The number of rotatable bonds is 2. The number of halogens is 3. The maximum absolute atomic E-state index is 13.0. The van der Waals surface area contributed by atoms with E-state index in [-0.39, 0.29) is 0 Å². The minimum absolute atomic E-state index is 0.549. The average molecular weight is 356 g/mol. The number of nitrogens with zero attached hydrogens (tertiary/aromatic N) is 2. The van der Waals surface area contributed by atoms with E-state index in [2.05, 4.69) is 16.0 Å². The number of aryl methyl sites for hydroxylation is 1. The lowest BCUT2D eigenvalue weighted by molar-refractivity contribution is -0.137. The summed E-state index contributed by atoms with van der Waals surface area (Å²) in [5.74, 6) is 0. The van der Waals surface area contributed by atoms with E-state index >= 15 is 0 Å². The Kier molecular flexibility index (Phi) is 4.10. The minimum Gasteiger partial charge on any atom is -0.371 e. The monoisotopic (exact) mass is 356 g/mol. The summed E-state index contributed by atoms with van der Waals surface area (Å²) in [6, 6.07) is 13.3. The van der Waals surface area contributed by atoms with Crippen molar-refractivity contribution in [1.29, 1.82) is 0 Å². The molecule has 2 heterocycles. The van der Waals surface area contributed by atoms with Crippen LogP contribution >= 0.6 is 0 Å². The molecule has 1 aliphatic heterocycles. The number of aromatic nitrogens is 1. The number of pyridine rings is 1. The maximum atomic E-state index is 13.0. The first-order chi connectivity index (χ1) is 12.4. The van der Waals surface area contributed by atoms with Crippen molar-refractivity contribution in [2.24, 2.45) is 0 Å². The number of benzene rings is 2. The van der Waals surface area contributed by atoms with Gasteiger partial charge in [-0.15, -0.1) is 0 Å². The predicted octanol–water partition coefficient (Wildman–Crippen LogP) is 5.83. The Morgan fingerprint density at radius 2 is 1.65 bits per heavy atom. The molecule has 0 saturated carbocycles. The molecule has 1 saturated heterocycles. The van der Waals surface area contributed by atoms with E-state index in [4.69, 9.17) is 0 Å². The topological polar surface area (TPSA) is 16.1 Å². The highest BCUT2D eigenvalue weighted by Crippen LogP contribution is 2.35. The molecule has 0 spiro atoms. The summed E-state index contributed by atoms with van der Waals surface area (Å²) in [6.07, 6.45) is -1.97. The molecule has 26 heavy (non-hydrogen) atoms. The highest BCUT2D eigenvalue weighted by atomic mass is 19.4. The maximum Gasteiger partial charge on any atom is 0.416 e. The van der Waals surface area contributed by atoms with E-state index in [0.29, 0.717) is 5.56 Å². The Morgan fingerprint density at radius 1 is 0.923 bits per heavy atom. The predicted molar refractivity (Wildman–Crippen MR) is 98.4 cm³/mol. The normalized spacial score (nSPS) is 15.0. The molecule has 2 nitrogen and oxygen atoms in total. The second kappa shape index (κ2) is 6.31. The first-order valence-electron chi connectivity index (χ1n) is 8.76. The molecular weight excluding hydrogens is 337 g/mol. The quantitative estimate of drug-likeness (QED) is 0.574. The molecule has 0 bridgehead atoms. The van der Waals surface area contributed by atoms with Crippen LogP contribution in [0.2, 0.25) is 0 Å². The lowest BCUT2D eigenvalue weighted by Crippen LogP contribution is -2.18. The van der Waals surface area contributed by atoms with Gasteiger partial charge in [0.25, 0.3) is 0 Å². The van der Waals surface area contributed by atoms with Gasteiger partial charge in [0.2, 0.25) is 0 Å². The zero-order valence-corrected chi connectivity index (χ0v) is 14.5. The van der Waals surface area contributed by atoms with Gasteiger partial charge in [-0.1, -0.05) is 24.3 Å². The molecule has 5 heteroatoms. The fourth-order valence-corrected chi connectivity index (χ4v) is 3.61. The summed E-state index contributed by atoms with van der Waals surface area (Å²) >= 11 is 0. The van der Waals surface area contributed by atoms with Crippen LogP contribution in [0, 0.1) is 6.92 Å². The van der Waals surface area contributed by atoms with Crippen LogP contribution in [-0.4, -0.2) is 18.1 Å². The summed E-state index contributed by atoms with van der Waals surface area (Å²) in [5.41, 5.74) is 3.56. The molecule has 0 amide bonds. The molecule has 0 aliphatic carbocycles. The van der Waals surface area contributed by atoms with Crippen LogP contribution in [-0.2, 0) is 6.18 Å². The van der Waals surface area contributed by atoms with E-state index < -0.39 is 11.7 Å². The molecule has 3 aromatic rings. The smallest absolute Gasteiger partial charge is 0.371 e. The van der Waals surface area contributed by atoms with Crippen molar-refractivity contribution >= 4 is 16.6 Å². The number of hydrogen-bond acceptors (Lipinski definition) is 2. The van der Waals surface area contributed by atoms with Crippen molar-refractivity contribution in [1.82, 2.24) is 4.98 Å². The molecule has 134 valence electrons. The minimum atomic E-state index is -4.34. The van der Waals surface area contributed by atoms with E-state index in [1.165, 1.54) is 30.7 Å². The van der Waals surface area contributed by atoms with Gasteiger partial charge in [-0.05, 0) is 55.2 Å². The first kappa shape index (κ1) is 16.9. The third-order valence-electron chi connectivity index (χ3n) is 4.89. The second-order valence-corrected chi connectivity index (χ2v) is 6.79. The molecule has 1 fully saturated rings. The molecular formula is C21H19F3N2. The van der Waals surface area contributed by atoms with Crippen LogP contribution in [0.4, 0.5) is 18.9 Å². The molecule has 1 aliphatic rings. The summed E-state index contributed by atoms with van der Waals surface area (Å²) < 4.78 is 39.0. The van der Waals surface area contributed by atoms with Crippen molar-refractivity contribution in [3.05, 3.63) is 59.8 Å². The van der Waals surface area contributed by atoms with Gasteiger partial charge >= 0.3 is 6.18 Å². The number of fused-ring (bicyclic) bond motifs is 1. The molecule has 0 atom stereocenters. The fourth-order valence-electron chi connectivity index (χ4n) is 3.61. The van der Waals surface area contributed by atoms with Gasteiger partial charge in [0.1, 0.15) is 0 Å². The SMILES string of the molecule is Cc1cc(N2CCCC2)c2ccc(-c3cccc(C(F)(F)F)c3)cc2n1. The van der Waals surface area contributed by atoms with Gasteiger partial charge in [-0.2, -0.15) is 13.2 Å². The summed E-state index contributed by atoms with van der Waals surface area (Å²) in [4.78, 5) is 6.98. The molecule has 4 rings (SSSR count). The van der Waals surface area contributed by atoms with Crippen LogP contribution < -0.4 is 4.90 Å². The number of alkyl halides is 3. The second-order valence-electron chi connectivity index (χ2n) is 6.79. The lowest BCUT2D eigenvalue weighted by Gasteiger charge is -2.20. The van der Waals surface area contributed by atoms with E-state index in [0.717, 1.165) is 41.3 Å². The van der Waals surface area contributed by atoms with E-state index in [1.807, 2.05) is 25.1 Å². The third kappa shape index (κ3) is 3.14. The van der Waals surface area contributed by atoms with Crippen LogP contribution in [0.3, 0.4) is 0 Å². The standard InChI is InChI=1S/C21H19F3N2/c1-14-11-20(26-9-2-3-10-26)18-8-7-16(13-19(18)25-14)15-5-4-6-17(12-15)21(22,23)24/h4-8,11-13H,2-3,9-10H2,1H3. The highest BCUT2D eigenvalue weighted by Gasteiger charge is 2.30. The zero-order chi connectivity index (χ0) is 18.3. The zero-order valence-electron chi connectivity index (χ0n) is 14.5. The Balaban J connectivity index is 1.81. The summed E-state index contributed by atoms with van der Waals surface area (Å²) in [5, 5.41) is 1.05. The largest absolute Gasteiger partial charge is 0.416 e. The van der Waals surface area contributed by atoms with Crippen molar-refractivity contribution in [2.75, 3.05) is 18.0 Å². The molecule has 2 aromatic carbocycles. The highest BCUT2D eigenvalue weighted by molar-refractivity contribution is 5.94. The van der Waals surface area contributed by atoms with Crippen molar-refractivity contribution in [3.8, 4) is 11.1 Å². The van der Waals surface area contributed by atoms with Crippen LogP contribution in [0.25, 0.3) is 22.0 Å². The molecule has 0 unspecified atom stereocenters. The van der Waals surface area contributed by atoms with Crippen LogP contribution in [0.1, 0.15) is 24.1 Å². The number of anilines is 1. The number of hydrogen-bond donors (Lipinski definition) is 0. The Labute approximate surface area is 150 Å². The lowest BCUT2D eigenvalue weighted by atomic mass is 10.0. The Hall–Kier alpha value is -2.56. The van der Waals surface area contributed by atoms with Crippen molar-refractivity contribution in [2.45, 2.75) is 25.9 Å². The average Bonchev–Trinajstić information content (AvgIpc) is 3.14. The van der Waals surface area contributed by atoms with Gasteiger partial charge < -0.3 is 4.90 Å². The fraction of sp³-hybridized carbons (Fsp3) is 0.286. The van der Waals surface area contributed by atoms with Gasteiger partial charge in [-0.25, -0.2) is 0 Å². The van der Waals surface area contributed by atoms with Gasteiger partial charge in [-0.3, -0.25) is 4.98 Å². The third-order valence-corrected chi connectivity index (χ3v) is 4.89. The van der Waals surface area contributed by atoms with Crippen LogP contribution in [0.5, 0.6) is 0 Å². The van der Waals surface area contributed by atoms with Crippen molar-refractivity contribution in [3.63, 3.8) is 0 Å². The van der Waals surface area contributed by atoms with Gasteiger partial charge in [0, 0.05) is 29.9 Å². The summed E-state index contributed by atoms with van der Waals surface area (Å²) in [7, 11) is 0. The van der Waals surface area contributed by atoms with E-state index in [1.54, 1.807) is 6.07 Å². The molecule has 0 radical (unpaired) electrons.